The maximum Gasteiger partial charge on any atom is 0.399 e. The van der Waals surface area contributed by atoms with Crippen molar-refractivity contribution < 1.29 is 25.8 Å². The quantitative estimate of drug-likeness (QED) is 0.454. The summed E-state index contributed by atoms with van der Waals surface area (Å²) in [7, 11) is 1.38. The van der Waals surface area contributed by atoms with Crippen LogP contribution >= 0.6 is 0 Å². The molecule has 0 saturated carbocycles. The monoisotopic (exact) mass is 207 g/mol. The lowest BCUT2D eigenvalue weighted by molar-refractivity contribution is -0.389. The van der Waals surface area contributed by atoms with Gasteiger partial charge in [-0.3, -0.25) is 0 Å². The van der Waals surface area contributed by atoms with Crippen LogP contribution in [0.15, 0.2) is 6.20 Å². The van der Waals surface area contributed by atoms with E-state index in [2.05, 4.69) is 4.98 Å². The highest BCUT2D eigenvalue weighted by Gasteiger charge is 2.21. The van der Waals surface area contributed by atoms with Gasteiger partial charge in [-0.15, -0.1) is 0 Å². The first-order chi connectivity index (χ1) is 5.52. The van der Waals surface area contributed by atoms with Gasteiger partial charge in [0.15, 0.2) is 0 Å². The largest absolute Gasteiger partial charge is 0.474 e. The third-order valence-electron chi connectivity index (χ3n) is 1.24. The Balaban J connectivity index is 0. The van der Waals surface area contributed by atoms with Crippen LogP contribution in [-0.4, -0.2) is 36.5 Å². The lowest BCUT2D eigenvalue weighted by atomic mass is 10.6. The summed E-state index contributed by atoms with van der Waals surface area (Å²) < 4.78 is 1.08. The van der Waals surface area contributed by atoms with Crippen LogP contribution in [0.25, 0.3) is 0 Å². The normalized spacial score (nSPS) is 8.36. The number of aromatic carboxylic acids is 1. The summed E-state index contributed by atoms with van der Waals surface area (Å²) in [6.07, 6.45) is 1.05. The fraction of sp³-hybridized carbons (Fsp3) is 0.200. The summed E-state index contributed by atoms with van der Waals surface area (Å²) >= 11 is 0. The van der Waals surface area contributed by atoms with Gasteiger partial charge in [0.25, 0.3) is 0 Å². The van der Waals surface area contributed by atoms with Crippen LogP contribution in [0.4, 0.5) is 5.82 Å². The number of imidazole rings is 1. The first-order valence-corrected chi connectivity index (χ1v) is 2.93. The van der Waals surface area contributed by atoms with Crippen LogP contribution in [0.1, 0.15) is 10.6 Å². The maximum absolute atomic E-state index is 10.4. The molecule has 80 valence electrons. The first kappa shape index (κ1) is 14.5. The molecule has 1 rings (SSSR count). The van der Waals surface area contributed by atoms with Gasteiger partial charge in [0.1, 0.15) is 6.20 Å². The van der Waals surface area contributed by atoms with Gasteiger partial charge in [-0.1, -0.05) is 0 Å². The predicted octanol–water partition coefficient (Wildman–Crippen LogP) is -1.62. The molecule has 0 aliphatic rings. The SMILES string of the molecule is Cn1cc([N+](=O)[O-])nc1C(=O)O.O.O. The average molecular weight is 207 g/mol. The third-order valence-corrected chi connectivity index (χ3v) is 1.24. The Morgan fingerprint density at radius 1 is 1.64 bits per heavy atom. The van der Waals surface area contributed by atoms with Gasteiger partial charge in [-0.2, -0.15) is 0 Å². The second-order valence-corrected chi connectivity index (χ2v) is 2.10. The van der Waals surface area contributed by atoms with E-state index in [-0.39, 0.29) is 16.8 Å². The highest BCUT2D eigenvalue weighted by Crippen LogP contribution is 2.08. The zero-order valence-electron chi connectivity index (χ0n) is 7.09. The van der Waals surface area contributed by atoms with Crippen molar-refractivity contribution in [1.29, 1.82) is 0 Å². The number of carboxylic acids is 1. The Hall–Kier alpha value is -2.00. The fourth-order valence-electron chi connectivity index (χ4n) is 0.737. The van der Waals surface area contributed by atoms with Crippen LogP contribution in [-0.2, 0) is 7.05 Å². The molecule has 0 fully saturated rings. The van der Waals surface area contributed by atoms with Crippen LogP contribution < -0.4 is 0 Å². The van der Waals surface area contributed by atoms with E-state index in [1.54, 1.807) is 0 Å². The Morgan fingerprint density at radius 3 is 2.36 bits per heavy atom. The van der Waals surface area contributed by atoms with Crippen molar-refractivity contribution in [2.45, 2.75) is 0 Å². The van der Waals surface area contributed by atoms with Crippen molar-refractivity contribution in [2.24, 2.45) is 7.05 Å². The van der Waals surface area contributed by atoms with E-state index < -0.39 is 16.7 Å². The van der Waals surface area contributed by atoms with Crippen LogP contribution in [0, 0.1) is 10.1 Å². The first-order valence-electron chi connectivity index (χ1n) is 2.93. The molecule has 0 amide bonds. The highest BCUT2D eigenvalue weighted by atomic mass is 16.6. The molecule has 1 aromatic heterocycles. The summed E-state index contributed by atoms with van der Waals surface area (Å²) in [5.74, 6) is -2.10. The van der Waals surface area contributed by atoms with Crippen molar-refractivity contribution in [1.82, 2.24) is 9.55 Å². The Kier molecular flexibility index (Phi) is 5.07. The van der Waals surface area contributed by atoms with Gasteiger partial charge in [-0.25, -0.2) is 4.79 Å². The molecule has 0 unspecified atom stereocenters. The number of aryl methyl sites for hydroxylation is 1. The zero-order chi connectivity index (χ0) is 9.30. The molecule has 9 heteroatoms. The van der Waals surface area contributed by atoms with E-state index >= 15 is 0 Å². The van der Waals surface area contributed by atoms with Crippen molar-refractivity contribution in [3.05, 3.63) is 22.1 Å². The van der Waals surface area contributed by atoms with Crippen molar-refractivity contribution in [3.63, 3.8) is 0 Å². The Labute approximate surface area is 77.4 Å². The molecule has 0 aliphatic carbocycles. The minimum absolute atomic E-state index is 0. The van der Waals surface area contributed by atoms with Crippen LogP contribution in [0.5, 0.6) is 0 Å². The molecule has 5 N–H and O–H groups in total. The second kappa shape index (κ2) is 4.89. The Morgan fingerprint density at radius 2 is 2.14 bits per heavy atom. The minimum Gasteiger partial charge on any atom is -0.474 e. The molecule has 9 nitrogen and oxygen atoms in total. The van der Waals surface area contributed by atoms with Crippen LogP contribution in [0.3, 0.4) is 0 Å². The molecule has 0 bridgehead atoms. The summed E-state index contributed by atoms with van der Waals surface area (Å²) in [5.41, 5.74) is 0. The number of hydrogen-bond acceptors (Lipinski definition) is 4. The molecular formula is C5H9N3O6. The average Bonchev–Trinajstić information content (AvgIpc) is 2.30. The number of rotatable bonds is 2. The van der Waals surface area contributed by atoms with Gasteiger partial charge in [0, 0.05) is 7.05 Å². The fourth-order valence-corrected chi connectivity index (χ4v) is 0.737. The maximum atomic E-state index is 10.4. The van der Waals surface area contributed by atoms with E-state index in [0.29, 0.717) is 0 Å². The van der Waals surface area contributed by atoms with E-state index in [1.165, 1.54) is 7.05 Å². The summed E-state index contributed by atoms with van der Waals surface area (Å²) in [5, 5.41) is 18.6. The number of nitro groups is 1. The van der Waals surface area contributed by atoms with Gasteiger partial charge in [0.05, 0.1) is 0 Å². The van der Waals surface area contributed by atoms with Gasteiger partial charge < -0.3 is 30.7 Å². The lowest BCUT2D eigenvalue weighted by Gasteiger charge is -1.85. The lowest BCUT2D eigenvalue weighted by Crippen LogP contribution is -2.05. The molecule has 0 spiro atoms. The molecule has 1 aromatic rings. The zero-order valence-corrected chi connectivity index (χ0v) is 7.09. The number of carboxylic acid groups (broad SMARTS) is 1. The standard InChI is InChI=1S/C5H5N3O4.2H2O/c1-7-2-3(8(11)12)6-4(7)5(9)10;;/h2H,1H3,(H,9,10);2*1H2. The molecule has 0 aromatic carbocycles. The van der Waals surface area contributed by atoms with Crippen molar-refractivity contribution in [3.8, 4) is 0 Å². The number of aromatic nitrogens is 2. The summed E-state index contributed by atoms with van der Waals surface area (Å²) in [6, 6.07) is 0. The number of nitrogens with zero attached hydrogens (tertiary/aromatic N) is 3. The molecular weight excluding hydrogens is 198 g/mol. The molecule has 0 atom stereocenters. The molecule has 0 radical (unpaired) electrons. The second-order valence-electron chi connectivity index (χ2n) is 2.10. The molecule has 0 aliphatic heterocycles. The number of hydrogen-bond donors (Lipinski definition) is 1. The van der Waals surface area contributed by atoms with Gasteiger partial charge >= 0.3 is 17.6 Å². The van der Waals surface area contributed by atoms with Crippen molar-refractivity contribution in [2.75, 3.05) is 0 Å². The van der Waals surface area contributed by atoms with E-state index in [1.807, 2.05) is 0 Å². The van der Waals surface area contributed by atoms with Crippen molar-refractivity contribution >= 4 is 11.8 Å². The summed E-state index contributed by atoms with van der Waals surface area (Å²) in [4.78, 5) is 23.0. The molecule has 0 saturated heterocycles. The third kappa shape index (κ3) is 2.50. The van der Waals surface area contributed by atoms with Crippen LogP contribution in [0.2, 0.25) is 0 Å². The number of carbonyl (C=O) groups is 1. The smallest absolute Gasteiger partial charge is 0.399 e. The van der Waals surface area contributed by atoms with E-state index in [4.69, 9.17) is 5.11 Å². The minimum atomic E-state index is -1.29. The van der Waals surface area contributed by atoms with Gasteiger partial charge in [-0.05, 0) is 9.91 Å². The topological polar surface area (TPSA) is 161 Å². The predicted molar refractivity (Wildman–Crippen MR) is 44.0 cm³/mol. The van der Waals surface area contributed by atoms with E-state index in [9.17, 15) is 14.9 Å². The molecule has 1 heterocycles. The Bertz CT molecular complexity index is 345. The summed E-state index contributed by atoms with van der Waals surface area (Å²) in [6.45, 7) is 0. The van der Waals surface area contributed by atoms with Gasteiger partial charge in [0.2, 0.25) is 0 Å². The van der Waals surface area contributed by atoms with E-state index in [0.717, 1.165) is 10.8 Å². The molecule has 14 heavy (non-hydrogen) atoms. The highest BCUT2D eigenvalue weighted by molar-refractivity contribution is 5.83.